The molecule has 40 heavy (non-hydrogen) atoms. The van der Waals surface area contributed by atoms with Crippen LogP contribution in [0.1, 0.15) is 49.8 Å². The van der Waals surface area contributed by atoms with E-state index >= 15 is 4.39 Å². The van der Waals surface area contributed by atoms with E-state index in [0.717, 1.165) is 59.0 Å². The third kappa shape index (κ3) is 4.83. The van der Waals surface area contributed by atoms with Crippen molar-refractivity contribution < 1.29 is 14.2 Å². The van der Waals surface area contributed by atoms with Crippen LogP contribution in [0.15, 0.2) is 37.0 Å². The van der Waals surface area contributed by atoms with Crippen LogP contribution < -0.4 is 15.0 Å². The number of hydrogen-bond donors (Lipinski definition) is 2. The van der Waals surface area contributed by atoms with Gasteiger partial charge >= 0.3 is 6.01 Å². The van der Waals surface area contributed by atoms with Gasteiger partial charge in [0.2, 0.25) is 0 Å². The zero-order valence-corrected chi connectivity index (χ0v) is 23.6. The molecule has 3 aromatic rings. The van der Waals surface area contributed by atoms with Crippen molar-refractivity contribution in [2.45, 2.75) is 56.1 Å². The van der Waals surface area contributed by atoms with E-state index in [0.29, 0.717) is 46.1 Å². The molecule has 0 aliphatic carbocycles. The van der Waals surface area contributed by atoms with E-state index in [2.05, 4.69) is 31.7 Å². The fraction of sp³-hybridized carbons (Fsp3) is 0.500. The summed E-state index contributed by atoms with van der Waals surface area (Å²) in [5.41, 5.74) is 1.46. The van der Waals surface area contributed by atoms with Gasteiger partial charge in [0.15, 0.2) is 5.82 Å². The highest BCUT2D eigenvalue weighted by Gasteiger charge is 2.45. The number of aromatic nitrogens is 3. The Hall–Kier alpha value is -2.85. The van der Waals surface area contributed by atoms with E-state index in [1.54, 1.807) is 12.3 Å². The number of rotatable bonds is 6. The van der Waals surface area contributed by atoms with Crippen LogP contribution >= 0.6 is 11.6 Å². The van der Waals surface area contributed by atoms with Gasteiger partial charge in [0.1, 0.15) is 23.6 Å². The Balaban J connectivity index is 0.00000142. The number of hydrogen-bond acceptors (Lipinski definition) is 8. The highest BCUT2D eigenvalue weighted by Crippen LogP contribution is 2.40. The largest absolute Gasteiger partial charge is 0.461 e. The molecule has 4 fully saturated rings. The molecule has 6 heterocycles. The van der Waals surface area contributed by atoms with E-state index < -0.39 is 5.82 Å². The maximum Gasteiger partial charge on any atom is 0.319 e. The molecule has 2 unspecified atom stereocenters. The van der Waals surface area contributed by atoms with Gasteiger partial charge in [-0.25, -0.2) is 4.39 Å². The third-order valence-electron chi connectivity index (χ3n) is 8.93. The van der Waals surface area contributed by atoms with Crippen LogP contribution in [0, 0.1) is 5.82 Å². The number of fused-ring (bicyclic) bond motifs is 4. The topological polar surface area (TPSA) is 86.6 Å². The summed E-state index contributed by atoms with van der Waals surface area (Å²) >= 11 is 6.40. The molecule has 212 valence electrons. The smallest absolute Gasteiger partial charge is 0.319 e. The summed E-state index contributed by atoms with van der Waals surface area (Å²) in [6.45, 7) is 8.51. The monoisotopic (exact) mass is 566 g/mol. The zero-order chi connectivity index (χ0) is 27.9. The molecule has 0 spiro atoms. The van der Waals surface area contributed by atoms with Crippen LogP contribution in [0.4, 0.5) is 10.2 Å². The minimum Gasteiger partial charge on any atom is -0.461 e. The number of aliphatic hydroxyl groups excluding tert-OH is 1. The molecule has 2 atom stereocenters. The van der Waals surface area contributed by atoms with E-state index in [1.165, 1.54) is 12.8 Å². The summed E-state index contributed by atoms with van der Waals surface area (Å²) in [4.78, 5) is 18.8. The Morgan fingerprint density at radius 2 is 1.85 bits per heavy atom. The van der Waals surface area contributed by atoms with Gasteiger partial charge in [0.25, 0.3) is 0 Å². The fourth-order valence-corrected chi connectivity index (χ4v) is 7.25. The highest BCUT2D eigenvalue weighted by molar-refractivity contribution is 6.32. The summed E-state index contributed by atoms with van der Waals surface area (Å²) in [6, 6.07) is 8.31. The first-order valence-corrected chi connectivity index (χ1v) is 14.5. The molecule has 2 N–H and O–H groups in total. The molecule has 8 nitrogen and oxygen atoms in total. The quantitative estimate of drug-likeness (QED) is 0.453. The first-order valence-electron chi connectivity index (χ1n) is 14.1. The number of nitrogens with zero attached hydrogens (tertiary/aromatic N) is 5. The molecular formula is C30H36ClFN6O2. The van der Waals surface area contributed by atoms with Gasteiger partial charge in [-0.2, -0.15) is 9.97 Å². The van der Waals surface area contributed by atoms with Crippen molar-refractivity contribution in [3.63, 3.8) is 0 Å². The van der Waals surface area contributed by atoms with Crippen LogP contribution in [0.25, 0.3) is 16.5 Å². The van der Waals surface area contributed by atoms with Crippen LogP contribution in [-0.4, -0.2) is 82.5 Å². The predicted octanol–water partition coefficient (Wildman–Crippen LogP) is 4.44. The van der Waals surface area contributed by atoms with Gasteiger partial charge in [-0.1, -0.05) is 36.4 Å². The molecule has 4 aliphatic rings. The summed E-state index contributed by atoms with van der Waals surface area (Å²) in [5, 5.41) is 11.8. The van der Waals surface area contributed by atoms with Crippen molar-refractivity contribution in [1.82, 2.24) is 25.2 Å². The molecule has 4 saturated heterocycles. The summed E-state index contributed by atoms with van der Waals surface area (Å²) < 4.78 is 22.6. The van der Waals surface area contributed by atoms with E-state index in [9.17, 15) is 0 Å². The summed E-state index contributed by atoms with van der Waals surface area (Å²) in [6.07, 6.45) is 8.56. The van der Waals surface area contributed by atoms with Crippen LogP contribution in [0.5, 0.6) is 6.01 Å². The Bertz CT molecular complexity index is 1400. The lowest BCUT2D eigenvalue weighted by atomic mass is 9.95. The van der Waals surface area contributed by atoms with Crippen LogP contribution in [-0.2, 0) is 0 Å². The second-order valence-corrected chi connectivity index (χ2v) is 11.6. The maximum atomic E-state index is 16.2. The van der Waals surface area contributed by atoms with Gasteiger partial charge < -0.3 is 20.1 Å². The predicted molar refractivity (Wildman–Crippen MR) is 155 cm³/mol. The zero-order valence-electron chi connectivity index (χ0n) is 22.9. The van der Waals surface area contributed by atoms with E-state index in [1.807, 2.05) is 18.2 Å². The molecular weight excluding hydrogens is 531 g/mol. The van der Waals surface area contributed by atoms with Crippen LogP contribution in [0.2, 0.25) is 5.02 Å². The van der Waals surface area contributed by atoms with Crippen molar-refractivity contribution in [2.75, 3.05) is 44.8 Å². The van der Waals surface area contributed by atoms with Crippen molar-refractivity contribution in [3.8, 4) is 6.01 Å². The Morgan fingerprint density at radius 3 is 2.55 bits per heavy atom. The lowest BCUT2D eigenvalue weighted by molar-refractivity contribution is 0.108. The molecule has 1 aromatic carbocycles. The minimum atomic E-state index is -0.527. The molecule has 0 radical (unpaired) electrons. The van der Waals surface area contributed by atoms with Gasteiger partial charge in [-0.3, -0.25) is 9.88 Å². The number of aliphatic hydroxyl groups is 1. The molecule has 2 aromatic heterocycles. The van der Waals surface area contributed by atoms with Gasteiger partial charge in [0.05, 0.1) is 10.9 Å². The molecule has 0 saturated carbocycles. The SMILES string of the molecule is C=C(c1ccccc1Cl)c1ncc2c(N3CC4CCC(C3)N4)nc(OCC34CCCN3CCC4)nc2c1F.CO. The number of piperazine rings is 1. The van der Waals surface area contributed by atoms with Gasteiger partial charge in [-0.15, -0.1) is 0 Å². The van der Waals surface area contributed by atoms with Gasteiger partial charge in [0, 0.05) is 54.6 Å². The molecule has 2 bridgehead atoms. The van der Waals surface area contributed by atoms with Crippen molar-refractivity contribution in [2.24, 2.45) is 0 Å². The Morgan fingerprint density at radius 1 is 1.15 bits per heavy atom. The van der Waals surface area contributed by atoms with Crippen molar-refractivity contribution in [3.05, 3.63) is 59.1 Å². The van der Waals surface area contributed by atoms with Crippen LogP contribution in [0.3, 0.4) is 0 Å². The minimum absolute atomic E-state index is 0.0485. The number of nitrogens with one attached hydrogen (secondary N) is 1. The summed E-state index contributed by atoms with van der Waals surface area (Å²) in [7, 11) is 1.00. The molecule has 0 amide bonds. The number of halogens is 2. The number of ether oxygens (including phenoxy) is 1. The molecule has 4 aliphatic heterocycles. The molecule has 10 heteroatoms. The number of pyridine rings is 1. The summed E-state index contributed by atoms with van der Waals surface area (Å²) in [5.74, 6) is 0.164. The lowest BCUT2D eigenvalue weighted by Crippen LogP contribution is -2.51. The van der Waals surface area contributed by atoms with Gasteiger partial charge in [-0.05, 0) is 57.7 Å². The normalized spacial score (nSPS) is 23.1. The van der Waals surface area contributed by atoms with E-state index in [-0.39, 0.29) is 22.8 Å². The fourth-order valence-electron chi connectivity index (χ4n) is 7.00. The highest BCUT2D eigenvalue weighted by atomic mass is 35.5. The molecule has 7 rings (SSSR count). The number of anilines is 1. The second-order valence-electron chi connectivity index (χ2n) is 11.2. The maximum absolute atomic E-state index is 16.2. The standard InChI is InChI=1S/C29H32ClFN6O.CH4O/c1-18(21-6-2-3-7-23(21)30)25-24(31)26-22(14-32-25)27(36-15-19-8-9-20(16-36)33-19)35-28(34-26)38-17-29-10-4-12-37(29)13-5-11-29;1-2/h2-3,6-7,14,19-20,33H,1,4-5,8-13,15-17H2;2H,1H3. The van der Waals surface area contributed by atoms with Crippen molar-refractivity contribution >= 4 is 33.9 Å². The Labute approximate surface area is 239 Å². The first-order chi connectivity index (χ1) is 19.5. The van der Waals surface area contributed by atoms with Crippen molar-refractivity contribution in [1.29, 1.82) is 0 Å². The first kappa shape index (κ1) is 27.3. The average molecular weight is 567 g/mol. The average Bonchev–Trinajstić information content (AvgIpc) is 3.66. The third-order valence-corrected chi connectivity index (χ3v) is 9.26. The number of benzene rings is 1. The second kappa shape index (κ2) is 11.2. The lowest BCUT2D eigenvalue weighted by Gasteiger charge is -2.34. The Kier molecular flexibility index (Phi) is 7.65. The van der Waals surface area contributed by atoms with E-state index in [4.69, 9.17) is 26.4 Å².